The van der Waals surface area contributed by atoms with Gasteiger partial charge in [-0.3, -0.25) is 9.59 Å². The molecule has 0 fully saturated rings. The third kappa shape index (κ3) is 5.22. The lowest BCUT2D eigenvalue weighted by atomic mass is 10.1. The van der Waals surface area contributed by atoms with Crippen molar-refractivity contribution >= 4 is 23.3 Å². The molecule has 5 nitrogen and oxygen atoms in total. The van der Waals surface area contributed by atoms with Gasteiger partial charge in [0.2, 0.25) is 5.91 Å². The second-order valence-corrected chi connectivity index (χ2v) is 4.46. The lowest BCUT2D eigenvalue weighted by Gasteiger charge is -2.10. The van der Waals surface area contributed by atoms with Crippen molar-refractivity contribution < 1.29 is 19.1 Å². The fourth-order valence-corrected chi connectivity index (χ4v) is 1.58. The molecular weight excluding hydrogens is 258 g/mol. The van der Waals surface area contributed by atoms with Gasteiger partial charge in [-0.25, -0.2) is 4.79 Å². The summed E-state index contributed by atoms with van der Waals surface area (Å²) in [5.74, 6) is -1.14. The summed E-state index contributed by atoms with van der Waals surface area (Å²) in [6, 6.07) is 6.58. The number of carbonyl (C=O) groups excluding carboxylic acids is 3. The van der Waals surface area contributed by atoms with E-state index in [0.717, 1.165) is 12.8 Å². The van der Waals surface area contributed by atoms with Crippen molar-refractivity contribution in [3.63, 3.8) is 0 Å². The van der Waals surface area contributed by atoms with E-state index in [1.807, 2.05) is 6.92 Å². The fraction of sp³-hybridized carbons (Fsp3) is 0.400. The van der Waals surface area contributed by atoms with E-state index >= 15 is 0 Å². The third-order valence-electron chi connectivity index (χ3n) is 2.56. The Morgan fingerprint density at radius 2 is 1.90 bits per heavy atom. The molecule has 1 rings (SSSR count). The summed E-state index contributed by atoms with van der Waals surface area (Å²) in [6.07, 6.45) is 1.52. The van der Waals surface area contributed by atoms with Gasteiger partial charge in [-0.05, 0) is 25.5 Å². The minimum atomic E-state index is -0.475. The molecule has 0 radical (unpaired) electrons. The van der Waals surface area contributed by atoms with Crippen molar-refractivity contribution in [3.05, 3.63) is 29.8 Å². The van der Waals surface area contributed by atoms with Crippen molar-refractivity contribution in [2.24, 2.45) is 0 Å². The van der Waals surface area contributed by atoms with Crippen LogP contribution in [0.3, 0.4) is 0 Å². The molecule has 0 bridgehead atoms. The second-order valence-electron chi connectivity index (χ2n) is 4.46. The predicted molar refractivity (Wildman–Crippen MR) is 75.6 cm³/mol. The maximum absolute atomic E-state index is 11.9. The van der Waals surface area contributed by atoms with Gasteiger partial charge in [-0.1, -0.05) is 25.5 Å². The van der Waals surface area contributed by atoms with E-state index < -0.39 is 11.9 Å². The SMILES string of the molecule is CCCCOC(=O)c1ccccc1NC(=O)CC(C)=O. The molecule has 0 aliphatic carbocycles. The van der Waals surface area contributed by atoms with Crippen LogP contribution in [-0.4, -0.2) is 24.3 Å². The van der Waals surface area contributed by atoms with Crippen LogP contribution >= 0.6 is 0 Å². The minimum Gasteiger partial charge on any atom is -0.462 e. The Balaban J connectivity index is 2.74. The molecular formula is C15H19NO4. The molecule has 108 valence electrons. The van der Waals surface area contributed by atoms with Gasteiger partial charge < -0.3 is 10.1 Å². The molecule has 0 atom stereocenters. The number of para-hydroxylation sites is 1. The summed E-state index contributed by atoms with van der Waals surface area (Å²) >= 11 is 0. The number of unbranched alkanes of at least 4 members (excludes halogenated alkanes) is 1. The average Bonchev–Trinajstić information content (AvgIpc) is 2.38. The van der Waals surface area contributed by atoms with E-state index in [1.165, 1.54) is 6.92 Å². The number of carbonyl (C=O) groups is 3. The summed E-state index contributed by atoms with van der Waals surface area (Å²) in [6.45, 7) is 3.69. The van der Waals surface area contributed by atoms with Crippen LogP contribution in [0, 0.1) is 0 Å². The highest BCUT2D eigenvalue weighted by molar-refractivity contribution is 6.06. The Morgan fingerprint density at radius 1 is 1.20 bits per heavy atom. The first kappa shape index (κ1) is 15.9. The molecule has 0 saturated carbocycles. The number of hydrogen-bond acceptors (Lipinski definition) is 4. The fourth-order valence-electron chi connectivity index (χ4n) is 1.58. The van der Waals surface area contributed by atoms with Crippen LogP contribution in [0.2, 0.25) is 0 Å². The predicted octanol–water partition coefficient (Wildman–Crippen LogP) is 2.56. The summed E-state index contributed by atoms with van der Waals surface area (Å²) in [4.78, 5) is 34.4. The standard InChI is InChI=1S/C15H19NO4/c1-3-4-9-20-15(19)12-7-5-6-8-13(12)16-14(18)10-11(2)17/h5-8H,3-4,9-10H2,1-2H3,(H,16,18). The lowest BCUT2D eigenvalue weighted by Crippen LogP contribution is -2.17. The van der Waals surface area contributed by atoms with Gasteiger partial charge in [-0.2, -0.15) is 0 Å². The number of ether oxygens (including phenoxy) is 1. The normalized spacial score (nSPS) is 9.90. The molecule has 1 aromatic rings. The maximum atomic E-state index is 11.9. The van der Waals surface area contributed by atoms with E-state index in [1.54, 1.807) is 24.3 Å². The number of esters is 1. The molecule has 0 aliphatic rings. The molecule has 0 heterocycles. The number of rotatable bonds is 7. The molecule has 0 spiro atoms. The average molecular weight is 277 g/mol. The number of anilines is 1. The highest BCUT2D eigenvalue weighted by Gasteiger charge is 2.14. The van der Waals surface area contributed by atoms with E-state index in [0.29, 0.717) is 17.9 Å². The third-order valence-corrected chi connectivity index (χ3v) is 2.56. The van der Waals surface area contributed by atoms with Crippen LogP contribution in [-0.2, 0) is 14.3 Å². The molecule has 1 aromatic carbocycles. The Labute approximate surface area is 118 Å². The highest BCUT2D eigenvalue weighted by Crippen LogP contribution is 2.16. The lowest BCUT2D eigenvalue weighted by molar-refractivity contribution is -0.124. The first-order chi connectivity index (χ1) is 9.54. The molecule has 5 heteroatoms. The number of ketones is 1. The summed E-state index contributed by atoms with van der Waals surface area (Å²) in [5.41, 5.74) is 0.653. The van der Waals surface area contributed by atoms with E-state index in [-0.39, 0.29) is 12.2 Å². The second kappa shape index (κ2) is 8.09. The van der Waals surface area contributed by atoms with Crippen molar-refractivity contribution in [1.82, 2.24) is 0 Å². The Morgan fingerprint density at radius 3 is 2.55 bits per heavy atom. The van der Waals surface area contributed by atoms with E-state index in [4.69, 9.17) is 4.74 Å². The van der Waals surface area contributed by atoms with E-state index in [9.17, 15) is 14.4 Å². The van der Waals surface area contributed by atoms with Crippen LogP contribution in [0.15, 0.2) is 24.3 Å². The molecule has 1 amide bonds. The van der Waals surface area contributed by atoms with Crippen LogP contribution in [0.25, 0.3) is 0 Å². The Hall–Kier alpha value is -2.17. The van der Waals surface area contributed by atoms with Crippen LogP contribution in [0.5, 0.6) is 0 Å². The first-order valence-corrected chi connectivity index (χ1v) is 6.60. The highest BCUT2D eigenvalue weighted by atomic mass is 16.5. The van der Waals surface area contributed by atoms with E-state index in [2.05, 4.69) is 5.32 Å². The van der Waals surface area contributed by atoms with Crippen molar-refractivity contribution in [3.8, 4) is 0 Å². The molecule has 0 aromatic heterocycles. The number of hydrogen-bond donors (Lipinski definition) is 1. The molecule has 0 aliphatic heterocycles. The van der Waals surface area contributed by atoms with Crippen molar-refractivity contribution in [2.45, 2.75) is 33.1 Å². The number of benzene rings is 1. The maximum Gasteiger partial charge on any atom is 0.340 e. The zero-order chi connectivity index (χ0) is 15.0. The van der Waals surface area contributed by atoms with Gasteiger partial charge in [0.15, 0.2) is 0 Å². The Bertz CT molecular complexity index is 496. The Kier molecular flexibility index (Phi) is 6.43. The van der Waals surface area contributed by atoms with Gasteiger partial charge in [-0.15, -0.1) is 0 Å². The summed E-state index contributed by atoms with van der Waals surface area (Å²) in [7, 11) is 0. The largest absolute Gasteiger partial charge is 0.462 e. The first-order valence-electron chi connectivity index (χ1n) is 6.60. The minimum absolute atomic E-state index is 0.209. The van der Waals surface area contributed by atoms with Crippen LogP contribution in [0.4, 0.5) is 5.69 Å². The van der Waals surface area contributed by atoms with Crippen LogP contribution in [0.1, 0.15) is 43.5 Å². The number of nitrogens with one attached hydrogen (secondary N) is 1. The molecule has 0 unspecified atom stereocenters. The zero-order valence-electron chi connectivity index (χ0n) is 11.8. The summed E-state index contributed by atoms with van der Waals surface area (Å²) in [5, 5.41) is 2.55. The van der Waals surface area contributed by atoms with Gasteiger partial charge >= 0.3 is 5.97 Å². The summed E-state index contributed by atoms with van der Waals surface area (Å²) < 4.78 is 5.11. The molecule has 1 N–H and O–H groups in total. The van der Waals surface area contributed by atoms with Gasteiger partial charge in [0, 0.05) is 0 Å². The van der Waals surface area contributed by atoms with Crippen molar-refractivity contribution in [2.75, 3.05) is 11.9 Å². The number of Topliss-reactive ketones (excluding diaryl/α,β-unsaturated/α-hetero) is 1. The molecule has 20 heavy (non-hydrogen) atoms. The van der Waals surface area contributed by atoms with Gasteiger partial charge in [0.1, 0.15) is 5.78 Å². The van der Waals surface area contributed by atoms with Crippen LogP contribution < -0.4 is 5.32 Å². The zero-order valence-corrected chi connectivity index (χ0v) is 11.8. The quantitative estimate of drug-likeness (QED) is 0.472. The number of amides is 1. The van der Waals surface area contributed by atoms with Gasteiger partial charge in [0.05, 0.1) is 24.3 Å². The van der Waals surface area contributed by atoms with Crippen molar-refractivity contribution in [1.29, 1.82) is 0 Å². The monoisotopic (exact) mass is 277 g/mol. The topological polar surface area (TPSA) is 72.5 Å². The molecule has 0 saturated heterocycles. The smallest absolute Gasteiger partial charge is 0.340 e. The van der Waals surface area contributed by atoms with Gasteiger partial charge in [0.25, 0.3) is 0 Å².